The highest BCUT2D eigenvalue weighted by Crippen LogP contribution is 2.28. The highest BCUT2D eigenvalue weighted by atomic mass is 32.1. The molecule has 1 unspecified atom stereocenters. The number of thiophene rings is 1. The van der Waals surface area contributed by atoms with Gasteiger partial charge < -0.3 is 4.42 Å². The Morgan fingerprint density at radius 2 is 2.26 bits per heavy atom. The predicted molar refractivity (Wildman–Crippen MR) is 89.1 cm³/mol. The molecule has 1 aliphatic heterocycles. The summed E-state index contributed by atoms with van der Waals surface area (Å²) in [6.45, 7) is 3.11. The molecule has 23 heavy (non-hydrogen) atoms. The highest BCUT2D eigenvalue weighted by molar-refractivity contribution is 7.07. The van der Waals surface area contributed by atoms with Crippen molar-refractivity contribution in [2.75, 3.05) is 13.1 Å². The Morgan fingerprint density at radius 3 is 3.09 bits per heavy atom. The van der Waals surface area contributed by atoms with E-state index in [0.29, 0.717) is 11.8 Å². The van der Waals surface area contributed by atoms with Gasteiger partial charge in [0.25, 0.3) is 5.89 Å². The van der Waals surface area contributed by atoms with E-state index in [0.717, 1.165) is 44.1 Å². The predicted octanol–water partition coefficient (Wildman–Crippen LogP) is 3.57. The maximum Gasteiger partial charge on any atom is 0.266 e. The molecule has 0 N–H and O–H groups in total. The van der Waals surface area contributed by atoms with Gasteiger partial charge in [-0.3, -0.25) is 9.88 Å². The minimum atomic E-state index is 0.312. The van der Waals surface area contributed by atoms with E-state index in [1.165, 1.54) is 5.56 Å². The van der Waals surface area contributed by atoms with Crippen LogP contribution < -0.4 is 0 Å². The second-order valence-corrected chi connectivity index (χ2v) is 6.65. The van der Waals surface area contributed by atoms with Crippen LogP contribution in [0.3, 0.4) is 0 Å². The van der Waals surface area contributed by atoms with E-state index in [1.807, 2.05) is 18.2 Å². The number of hydrogen-bond donors (Lipinski definition) is 0. The molecule has 3 aromatic heterocycles. The zero-order valence-corrected chi connectivity index (χ0v) is 13.6. The molecule has 0 spiro atoms. The molecular weight excluding hydrogens is 308 g/mol. The first kappa shape index (κ1) is 14.5. The van der Waals surface area contributed by atoms with E-state index < -0.39 is 0 Å². The summed E-state index contributed by atoms with van der Waals surface area (Å²) < 4.78 is 5.88. The summed E-state index contributed by atoms with van der Waals surface area (Å²) in [5.74, 6) is 1.56. The lowest BCUT2D eigenvalue weighted by molar-refractivity contribution is 0.186. The van der Waals surface area contributed by atoms with E-state index in [1.54, 1.807) is 17.5 Å². The van der Waals surface area contributed by atoms with Crippen molar-refractivity contribution >= 4 is 11.3 Å². The summed E-state index contributed by atoms with van der Waals surface area (Å²) in [5.41, 5.74) is 2.12. The van der Waals surface area contributed by atoms with Crippen molar-refractivity contribution in [3.05, 3.63) is 52.7 Å². The van der Waals surface area contributed by atoms with Gasteiger partial charge in [0.05, 0.1) is 5.92 Å². The van der Waals surface area contributed by atoms with Crippen molar-refractivity contribution in [1.29, 1.82) is 0 Å². The summed E-state index contributed by atoms with van der Waals surface area (Å²) in [5, 5.41) is 12.8. The molecule has 4 heterocycles. The zero-order valence-electron chi connectivity index (χ0n) is 12.8. The average Bonchev–Trinajstić information content (AvgIpc) is 3.28. The van der Waals surface area contributed by atoms with Gasteiger partial charge >= 0.3 is 0 Å². The van der Waals surface area contributed by atoms with Gasteiger partial charge in [0.2, 0.25) is 5.89 Å². The fourth-order valence-corrected chi connectivity index (χ4v) is 3.69. The molecule has 118 valence electrons. The first-order chi connectivity index (χ1) is 11.4. The number of nitrogens with zero attached hydrogens (tertiary/aromatic N) is 4. The highest BCUT2D eigenvalue weighted by Gasteiger charge is 2.26. The SMILES string of the molecule is c1ccc(-c2nnc(C3CCCN(Cc4ccsc4)C3)o2)nc1. The minimum absolute atomic E-state index is 0.312. The molecule has 0 aromatic carbocycles. The number of piperidine rings is 1. The summed E-state index contributed by atoms with van der Waals surface area (Å²) >= 11 is 1.75. The first-order valence-corrected chi connectivity index (χ1v) is 8.81. The maximum atomic E-state index is 5.88. The normalized spacial score (nSPS) is 19.0. The smallest absolute Gasteiger partial charge is 0.266 e. The summed E-state index contributed by atoms with van der Waals surface area (Å²) in [7, 11) is 0. The summed E-state index contributed by atoms with van der Waals surface area (Å²) in [6, 6.07) is 7.89. The van der Waals surface area contributed by atoms with Crippen LogP contribution in [-0.2, 0) is 6.54 Å². The molecule has 0 radical (unpaired) electrons. The second-order valence-electron chi connectivity index (χ2n) is 5.87. The lowest BCUT2D eigenvalue weighted by Crippen LogP contribution is -2.33. The van der Waals surface area contributed by atoms with Gasteiger partial charge in [-0.25, -0.2) is 0 Å². The molecule has 0 bridgehead atoms. The Kier molecular flexibility index (Phi) is 4.17. The van der Waals surface area contributed by atoms with Crippen molar-refractivity contribution < 1.29 is 4.42 Å². The van der Waals surface area contributed by atoms with Gasteiger partial charge in [-0.15, -0.1) is 10.2 Å². The van der Waals surface area contributed by atoms with Crippen LogP contribution in [0.2, 0.25) is 0 Å². The molecule has 0 saturated carbocycles. The molecule has 1 fully saturated rings. The molecular formula is C17H18N4OS. The van der Waals surface area contributed by atoms with Crippen molar-refractivity contribution in [3.63, 3.8) is 0 Å². The fourth-order valence-electron chi connectivity index (χ4n) is 3.03. The van der Waals surface area contributed by atoms with Gasteiger partial charge in [0.15, 0.2) is 0 Å². The van der Waals surface area contributed by atoms with Gasteiger partial charge in [0, 0.05) is 19.3 Å². The topological polar surface area (TPSA) is 55.1 Å². The molecule has 1 atom stereocenters. The van der Waals surface area contributed by atoms with Crippen LogP contribution in [0, 0.1) is 0 Å². The van der Waals surface area contributed by atoms with Crippen LogP contribution in [0.4, 0.5) is 0 Å². The van der Waals surface area contributed by atoms with Crippen LogP contribution in [-0.4, -0.2) is 33.2 Å². The second kappa shape index (κ2) is 6.60. The van der Waals surface area contributed by atoms with E-state index >= 15 is 0 Å². The van der Waals surface area contributed by atoms with Gasteiger partial charge in [-0.2, -0.15) is 11.3 Å². The van der Waals surface area contributed by atoms with Crippen molar-refractivity contribution in [1.82, 2.24) is 20.1 Å². The number of likely N-dealkylation sites (tertiary alicyclic amines) is 1. The average molecular weight is 326 g/mol. The van der Waals surface area contributed by atoms with Crippen molar-refractivity contribution in [2.24, 2.45) is 0 Å². The number of pyridine rings is 1. The Morgan fingerprint density at radius 1 is 1.26 bits per heavy atom. The van der Waals surface area contributed by atoms with E-state index in [-0.39, 0.29) is 0 Å². The standard InChI is InChI=1S/C17H18N4OS/c1-2-7-18-15(5-1)17-20-19-16(22-17)14-4-3-8-21(11-14)10-13-6-9-23-12-13/h1-2,5-7,9,12,14H,3-4,8,10-11H2. The Labute approximate surface area is 139 Å². The van der Waals surface area contributed by atoms with Crippen LogP contribution in [0.15, 0.2) is 45.6 Å². The van der Waals surface area contributed by atoms with Crippen LogP contribution >= 0.6 is 11.3 Å². The zero-order chi connectivity index (χ0) is 15.5. The molecule has 1 saturated heterocycles. The number of rotatable bonds is 4. The quantitative estimate of drug-likeness (QED) is 0.733. The van der Waals surface area contributed by atoms with Gasteiger partial charge in [-0.1, -0.05) is 6.07 Å². The molecule has 1 aliphatic rings. The maximum absolute atomic E-state index is 5.88. The molecule has 4 rings (SSSR count). The number of hydrogen-bond acceptors (Lipinski definition) is 6. The van der Waals surface area contributed by atoms with E-state index in [2.05, 4.69) is 36.9 Å². The van der Waals surface area contributed by atoms with Crippen LogP contribution in [0.25, 0.3) is 11.6 Å². The summed E-state index contributed by atoms with van der Waals surface area (Å²) in [6.07, 6.45) is 4.00. The van der Waals surface area contributed by atoms with Crippen molar-refractivity contribution in [2.45, 2.75) is 25.3 Å². The molecule has 5 nitrogen and oxygen atoms in total. The molecule has 0 aliphatic carbocycles. The van der Waals surface area contributed by atoms with Crippen molar-refractivity contribution in [3.8, 4) is 11.6 Å². The third-order valence-electron chi connectivity index (χ3n) is 4.17. The summed E-state index contributed by atoms with van der Waals surface area (Å²) in [4.78, 5) is 6.74. The van der Waals surface area contributed by atoms with Gasteiger partial charge in [-0.05, 0) is 53.9 Å². The monoisotopic (exact) mass is 326 g/mol. The lowest BCUT2D eigenvalue weighted by atomic mass is 9.98. The Hall–Kier alpha value is -2.05. The third-order valence-corrected chi connectivity index (χ3v) is 4.90. The van der Waals surface area contributed by atoms with Crippen LogP contribution in [0.1, 0.15) is 30.2 Å². The first-order valence-electron chi connectivity index (χ1n) is 7.87. The van der Waals surface area contributed by atoms with E-state index in [4.69, 9.17) is 4.42 Å². The minimum Gasteiger partial charge on any atom is -0.419 e. The number of aromatic nitrogens is 3. The fraction of sp³-hybridized carbons (Fsp3) is 0.353. The van der Waals surface area contributed by atoms with Gasteiger partial charge in [0.1, 0.15) is 5.69 Å². The Balaban J connectivity index is 1.46. The van der Waals surface area contributed by atoms with E-state index in [9.17, 15) is 0 Å². The largest absolute Gasteiger partial charge is 0.419 e. The molecule has 3 aromatic rings. The van der Waals surface area contributed by atoms with Crippen LogP contribution in [0.5, 0.6) is 0 Å². The Bertz CT molecular complexity index is 741. The third kappa shape index (κ3) is 3.33. The lowest BCUT2D eigenvalue weighted by Gasteiger charge is -2.30. The molecule has 6 heteroatoms. The molecule has 0 amide bonds.